The zero-order chi connectivity index (χ0) is 70.7. The zero-order valence-corrected chi connectivity index (χ0v) is 60.6. The molecule has 1 aromatic heterocycles. The first-order valence-corrected chi connectivity index (χ1v) is 37.6. The number of esters is 5. The summed E-state index contributed by atoms with van der Waals surface area (Å²) in [6.07, 6.45) is 17.8. The van der Waals surface area contributed by atoms with Gasteiger partial charge in [0.15, 0.2) is 11.2 Å². The van der Waals surface area contributed by atoms with E-state index in [4.69, 9.17) is 37.9 Å². The van der Waals surface area contributed by atoms with Crippen molar-refractivity contribution in [2.24, 2.45) is 16.3 Å². The smallest absolute Gasteiger partial charge is 0.330 e. The number of nitrogens with one attached hydrogen (secondary N) is 2. The second-order valence-corrected chi connectivity index (χ2v) is 30.1. The number of aliphatic hydroxyl groups is 3. The van der Waals surface area contributed by atoms with Crippen molar-refractivity contribution >= 4 is 86.7 Å². The fourth-order valence-electron chi connectivity index (χ4n) is 12.4. The van der Waals surface area contributed by atoms with E-state index in [9.17, 15) is 53.7 Å². The Balaban J connectivity index is 0.000000322. The average molecular weight is 1420 g/mol. The van der Waals surface area contributed by atoms with Crippen LogP contribution in [0.25, 0.3) is 0 Å². The van der Waals surface area contributed by atoms with Crippen LogP contribution in [0.1, 0.15) is 213 Å². The minimum absolute atomic E-state index is 0.0301. The first-order chi connectivity index (χ1) is 46.3. The molecule has 5 N–H and O–H groups in total. The number of cyclic esters (lactones) is 2. The number of carbonyl (C=O) groups is 8. The minimum Gasteiger partial charge on any atom is -0.466 e. The summed E-state index contributed by atoms with van der Waals surface area (Å²) in [5, 5.41) is 43.2. The molecule has 0 aliphatic carbocycles. The molecule has 7 heterocycles. The highest BCUT2D eigenvalue weighted by Gasteiger charge is 2.58. The molecule has 23 nitrogen and oxygen atoms in total. The van der Waals surface area contributed by atoms with Crippen LogP contribution in [0.5, 0.6) is 0 Å². The fourth-order valence-corrected chi connectivity index (χ4v) is 15.1. The van der Waals surface area contributed by atoms with Crippen molar-refractivity contribution in [2.45, 2.75) is 281 Å². The van der Waals surface area contributed by atoms with Crippen molar-refractivity contribution in [1.29, 1.82) is 0 Å². The number of aromatic nitrogens is 1. The molecular formula is C71H106N4O19S3. The van der Waals surface area contributed by atoms with Crippen LogP contribution in [0, 0.1) is 11.3 Å². The molecule has 97 heavy (non-hydrogen) atoms. The number of hydrogen-bond donors (Lipinski definition) is 5. The fraction of sp³-hybridized carbons (Fsp3) is 0.718. The number of aliphatic hydroxyl groups excluding tert-OH is 2. The van der Waals surface area contributed by atoms with E-state index < -0.39 is 95.9 Å². The summed E-state index contributed by atoms with van der Waals surface area (Å²) in [5.41, 5.74) is -0.652. The Morgan fingerprint density at radius 2 is 1.52 bits per heavy atom. The van der Waals surface area contributed by atoms with Gasteiger partial charge in [-0.2, -0.15) is 0 Å². The van der Waals surface area contributed by atoms with Gasteiger partial charge in [-0.05, 0) is 82.3 Å². The molecule has 542 valence electrons. The van der Waals surface area contributed by atoms with Crippen LogP contribution < -0.4 is 10.6 Å². The third kappa shape index (κ3) is 26.0. The molecule has 0 spiro atoms. The summed E-state index contributed by atoms with van der Waals surface area (Å²) in [7, 11) is 2.53. The molecule has 3 saturated heterocycles. The Morgan fingerprint density at radius 1 is 0.825 bits per heavy atom. The molecule has 0 radical (unpaired) electrons. The monoisotopic (exact) mass is 1410 g/mol. The van der Waals surface area contributed by atoms with E-state index in [2.05, 4.69) is 34.5 Å². The van der Waals surface area contributed by atoms with Gasteiger partial charge in [0.1, 0.15) is 39.5 Å². The Labute approximate surface area is 584 Å². The van der Waals surface area contributed by atoms with Gasteiger partial charge in [0.25, 0.3) is 0 Å². The number of allylic oxidation sites excluding steroid dienone is 1. The van der Waals surface area contributed by atoms with Crippen molar-refractivity contribution in [2.75, 3.05) is 32.3 Å². The number of rotatable bonds is 21. The van der Waals surface area contributed by atoms with Gasteiger partial charge in [-0.1, -0.05) is 128 Å². The first-order valence-electron chi connectivity index (χ1n) is 34.7. The Bertz CT molecular complexity index is 2950. The molecule has 6 aliphatic rings. The number of unbranched alkanes of at least 4 members (excludes halogenated alkanes) is 8. The summed E-state index contributed by atoms with van der Waals surface area (Å²) >= 11 is 4.18. The van der Waals surface area contributed by atoms with Gasteiger partial charge >= 0.3 is 29.8 Å². The molecular weight excluding hydrogens is 1310 g/mol. The number of fused-ring (bicyclic) bond motifs is 10. The molecule has 1 unspecified atom stereocenters. The first kappa shape index (κ1) is 80.7. The number of methoxy groups -OCH3 is 2. The summed E-state index contributed by atoms with van der Waals surface area (Å²) in [5.74, 6) is -5.24. The summed E-state index contributed by atoms with van der Waals surface area (Å²) in [6, 6.07) is -0.896. The molecule has 26 heteroatoms. The standard InChI is InChI=1S/C42H64O14.C29H42N4O5S3/c1-6-7-8-9-10-14-36(45)55-40-28(21-38(47)51-5)20-34-25-35(26-43)54-39(48)23-29(44)22-30-12-11-13-31(52-30)24-33-18-27(19-37(46)50-4)17-32(53-33)15-16-41(2,3)42(40,49)56-34;1-5-6-7-8-9-13-24(35)39-14-11-10-12-20-15-22(34)30-16-23-31-21(17-40-23)26-33-29(4,18-41-26)28(37)32-25(19(2)3)27(36)38-20/h15-16,19,21,29-35,40,43-44,49H,6-14,17-18,20,22-26H2,1-5H3;10,12,17,19-20,25H,5-9,11,13-16,18H2,1-4H3,(H,30,34)(H,32,37)/b16-15+,27-19+,28-21+;12-10+/t29-,30+,31?,32+,33+,34+,35-,40+,42-;20-,25+,29+/m11/s1. The Kier molecular flexibility index (Phi) is 33.4. The van der Waals surface area contributed by atoms with Gasteiger partial charge in [-0.3, -0.25) is 29.0 Å². The highest BCUT2D eigenvalue weighted by atomic mass is 32.2. The van der Waals surface area contributed by atoms with E-state index in [1.807, 2.05) is 25.3 Å². The lowest BCUT2D eigenvalue weighted by molar-refractivity contribution is -0.327. The van der Waals surface area contributed by atoms with Crippen molar-refractivity contribution < 1.29 is 91.6 Å². The van der Waals surface area contributed by atoms with E-state index in [-0.39, 0.29) is 91.8 Å². The third-order valence-electron chi connectivity index (χ3n) is 17.9. The van der Waals surface area contributed by atoms with Crippen LogP contribution in [-0.4, -0.2) is 177 Å². The zero-order valence-electron chi connectivity index (χ0n) is 58.2. The second kappa shape index (κ2) is 40.2. The van der Waals surface area contributed by atoms with Gasteiger partial charge in [-0.15, -0.1) is 23.1 Å². The quantitative estimate of drug-likeness (QED) is 0.0251. The maximum Gasteiger partial charge on any atom is 0.330 e. The molecule has 6 aliphatic heterocycles. The number of carbonyl (C=O) groups excluding carboxylic acids is 8. The Morgan fingerprint density at radius 3 is 2.21 bits per heavy atom. The minimum atomic E-state index is -2.30. The van der Waals surface area contributed by atoms with E-state index in [0.29, 0.717) is 60.8 Å². The number of aliphatic imine (C=N–C) groups is 1. The predicted molar refractivity (Wildman–Crippen MR) is 370 cm³/mol. The SMILES string of the molecule is CCCCCCCC(=O)O[C@H]1/C(=C/C(=O)OC)C[C@H]2C[C@H](CO)OC(=O)C[C@H](O)C[C@@H]3CCCC(C[C@@H]4C/C(=C/C(=O)OC)C[C@H](/C=C/C(C)(C)[C@]1(O)O2)O4)O3.CCCCCCCC(=O)SCC/C=C/[C@@H]1CC(=O)NCc2nc(cs2)C2=N[C@@](C)(CS2)C(=O)N[C@@H](C(C)C)C(=O)O1. The van der Waals surface area contributed by atoms with Gasteiger partial charge in [0.05, 0.1) is 76.8 Å². The van der Waals surface area contributed by atoms with Crippen molar-refractivity contribution in [1.82, 2.24) is 15.6 Å². The lowest BCUT2D eigenvalue weighted by Gasteiger charge is -2.51. The average Bonchev–Trinajstić information content (AvgIpc) is 0.922. The number of thioether (sulfide) groups is 2. The Hall–Kier alpha value is -5.32. The molecule has 0 aromatic carbocycles. The maximum absolute atomic E-state index is 13.4. The van der Waals surface area contributed by atoms with Crippen LogP contribution in [0.4, 0.5) is 0 Å². The van der Waals surface area contributed by atoms with Crippen LogP contribution in [0.15, 0.2) is 58.0 Å². The highest BCUT2D eigenvalue weighted by molar-refractivity contribution is 8.14. The molecule has 3 fully saturated rings. The predicted octanol–water partition coefficient (Wildman–Crippen LogP) is 9.88. The number of nitrogens with zero attached hydrogens (tertiary/aromatic N) is 2. The molecule has 7 rings (SSSR count). The van der Waals surface area contributed by atoms with Crippen molar-refractivity contribution in [3.05, 3.63) is 63.7 Å². The van der Waals surface area contributed by atoms with Gasteiger partial charge in [-0.25, -0.2) is 19.4 Å². The van der Waals surface area contributed by atoms with E-state index in [0.717, 1.165) is 68.4 Å². The second-order valence-electron chi connectivity index (χ2n) is 27.1. The molecule has 10 bridgehead atoms. The van der Waals surface area contributed by atoms with Crippen LogP contribution in [-0.2, 0) is 82.8 Å². The molecule has 12 atom stereocenters. The van der Waals surface area contributed by atoms with E-state index in [1.165, 1.54) is 80.5 Å². The van der Waals surface area contributed by atoms with Crippen molar-refractivity contribution in [3.8, 4) is 0 Å². The van der Waals surface area contributed by atoms with Crippen molar-refractivity contribution in [3.63, 3.8) is 0 Å². The maximum atomic E-state index is 13.4. The summed E-state index contributed by atoms with van der Waals surface area (Å²) in [6.45, 7) is 12.8. The van der Waals surface area contributed by atoms with Crippen LogP contribution in [0.3, 0.4) is 0 Å². The number of thiazole rings is 1. The molecule has 0 saturated carbocycles. The van der Waals surface area contributed by atoms with Gasteiger partial charge in [0, 0.05) is 66.6 Å². The topological polar surface area (TPSA) is 320 Å². The largest absolute Gasteiger partial charge is 0.466 e. The van der Waals surface area contributed by atoms with E-state index in [1.54, 1.807) is 39.0 Å². The van der Waals surface area contributed by atoms with E-state index >= 15 is 0 Å². The lowest BCUT2D eigenvalue weighted by atomic mass is 9.74. The number of amides is 2. The molecule has 1 aromatic rings. The van der Waals surface area contributed by atoms with Gasteiger partial charge < -0.3 is 63.8 Å². The summed E-state index contributed by atoms with van der Waals surface area (Å²) < 4.78 is 46.7. The molecule has 2 amide bonds. The van der Waals surface area contributed by atoms with Gasteiger partial charge in [0.2, 0.25) is 17.6 Å². The van der Waals surface area contributed by atoms with Crippen LogP contribution >= 0.6 is 34.9 Å². The lowest BCUT2D eigenvalue weighted by Crippen LogP contribution is -2.62. The summed E-state index contributed by atoms with van der Waals surface area (Å²) in [4.78, 5) is 112. The number of ether oxygens (including phenoxy) is 8. The number of hydrogen-bond acceptors (Lipinski definition) is 24. The normalized spacial score (nSPS) is 30.2. The highest BCUT2D eigenvalue weighted by Crippen LogP contribution is 2.47. The third-order valence-corrected chi connectivity index (χ3v) is 21.0. The van der Waals surface area contributed by atoms with Crippen LogP contribution in [0.2, 0.25) is 0 Å².